The highest BCUT2D eigenvalue weighted by molar-refractivity contribution is 5.81. The zero-order valence-corrected chi connectivity index (χ0v) is 11.7. The van der Waals surface area contributed by atoms with Gasteiger partial charge in [0.1, 0.15) is 12.5 Å². The molecule has 0 atom stereocenters. The van der Waals surface area contributed by atoms with Crippen LogP contribution in [-0.2, 0) is 11.3 Å². The normalized spacial score (nSPS) is 9.21. The maximum Gasteiger partial charge on any atom is 0.116 e. The van der Waals surface area contributed by atoms with Gasteiger partial charge in [0.05, 0.1) is 0 Å². The van der Waals surface area contributed by atoms with Gasteiger partial charge >= 0.3 is 0 Å². The highest BCUT2D eigenvalue weighted by Gasteiger charge is 2.00. The lowest BCUT2D eigenvalue weighted by molar-refractivity contribution is -0.0979. The minimum atomic E-state index is 0.341. The van der Waals surface area contributed by atoms with E-state index in [9.17, 15) is 5.11 Å². The molecule has 0 amide bonds. The molecule has 0 aliphatic heterocycles. The van der Waals surface area contributed by atoms with Crippen LogP contribution in [0, 0.1) is 0 Å². The summed E-state index contributed by atoms with van der Waals surface area (Å²) in [7, 11) is 1.00. The summed E-state index contributed by atoms with van der Waals surface area (Å²) in [6, 6.07) is 7.60. The zero-order valence-electron chi connectivity index (χ0n) is 11.7. The van der Waals surface area contributed by atoms with Crippen molar-refractivity contribution >= 4 is 17.7 Å². The number of hydrogen-bond acceptors (Lipinski definition) is 3. The van der Waals surface area contributed by atoms with Crippen molar-refractivity contribution in [2.45, 2.75) is 32.7 Å². The van der Waals surface area contributed by atoms with Crippen LogP contribution in [0.15, 0.2) is 30.5 Å². The lowest BCUT2D eigenvalue weighted by atomic mass is 10.2. The van der Waals surface area contributed by atoms with Crippen LogP contribution < -0.4 is 0 Å². The Morgan fingerprint density at radius 3 is 2.47 bits per heavy atom. The first-order valence-corrected chi connectivity index (χ1v) is 6.32. The van der Waals surface area contributed by atoms with Crippen molar-refractivity contribution < 1.29 is 15.0 Å². The molecule has 4 nitrogen and oxygen atoms in total. The van der Waals surface area contributed by atoms with E-state index in [1.165, 1.54) is 24.8 Å². The number of aryl methyl sites for hydroxylation is 1. The summed E-state index contributed by atoms with van der Waals surface area (Å²) >= 11 is 0. The number of phenolic OH excluding ortho intramolecular Hbond substituents is 1. The van der Waals surface area contributed by atoms with E-state index >= 15 is 0 Å². The molecule has 0 aliphatic carbocycles. The summed E-state index contributed by atoms with van der Waals surface area (Å²) < 4.78 is 2.25. The van der Waals surface area contributed by atoms with Gasteiger partial charge in [0.25, 0.3) is 0 Å². The Morgan fingerprint density at radius 1 is 1.16 bits per heavy atom. The van der Waals surface area contributed by atoms with Gasteiger partial charge in [-0.25, -0.2) is 0 Å². The van der Waals surface area contributed by atoms with Gasteiger partial charge in [0.2, 0.25) is 0 Å². The van der Waals surface area contributed by atoms with Crippen molar-refractivity contribution in [2.75, 3.05) is 7.11 Å². The molecule has 0 saturated carbocycles. The fourth-order valence-corrected chi connectivity index (χ4v) is 1.91. The third-order valence-electron chi connectivity index (χ3n) is 2.76. The number of nitrogens with zero attached hydrogens (tertiary/aromatic N) is 1. The molecule has 1 aromatic carbocycles. The van der Waals surface area contributed by atoms with Crippen LogP contribution in [0.2, 0.25) is 0 Å². The molecule has 0 aliphatic rings. The van der Waals surface area contributed by atoms with Crippen LogP contribution in [0.5, 0.6) is 5.75 Å². The first-order chi connectivity index (χ1) is 9.31. The SMILES string of the molecule is C=O.CCCCCn1ccc2cc(O)ccc21.CO. The van der Waals surface area contributed by atoms with E-state index in [1.807, 2.05) is 18.9 Å². The molecule has 0 spiro atoms. The standard InChI is InChI=1S/C13H17NO.CH4O.CH2O/c1-2-3-4-8-14-9-7-11-10-12(15)5-6-13(11)14;2*1-2/h5-7,9-10,15H,2-4,8H2,1H3;2H,1H3;1H2. The number of benzene rings is 1. The highest BCUT2D eigenvalue weighted by Crippen LogP contribution is 2.21. The predicted octanol–water partition coefficient (Wildman–Crippen LogP) is 2.96. The fraction of sp³-hybridized carbons (Fsp3) is 0.400. The topological polar surface area (TPSA) is 62.5 Å². The molecule has 2 rings (SSSR count). The molecule has 0 fully saturated rings. The van der Waals surface area contributed by atoms with Gasteiger partial charge in [-0.05, 0) is 30.7 Å². The van der Waals surface area contributed by atoms with Gasteiger partial charge in [0.15, 0.2) is 0 Å². The monoisotopic (exact) mass is 265 g/mol. The molecule has 4 heteroatoms. The Balaban J connectivity index is 0.000000741. The van der Waals surface area contributed by atoms with Gasteiger partial charge in [0, 0.05) is 30.8 Å². The van der Waals surface area contributed by atoms with E-state index < -0.39 is 0 Å². The summed E-state index contributed by atoms with van der Waals surface area (Å²) in [5.74, 6) is 0.341. The number of carbonyl (C=O) groups is 1. The van der Waals surface area contributed by atoms with Crippen LogP contribution in [0.3, 0.4) is 0 Å². The van der Waals surface area contributed by atoms with Crippen LogP contribution in [0.4, 0.5) is 0 Å². The number of fused-ring (bicyclic) bond motifs is 1. The summed E-state index contributed by atoms with van der Waals surface area (Å²) in [6.45, 7) is 5.29. The number of unbranched alkanes of at least 4 members (excludes halogenated alkanes) is 2. The van der Waals surface area contributed by atoms with Gasteiger partial charge in [-0.1, -0.05) is 19.8 Å². The first kappa shape index (κ1) is 17.2. The third kappa shape index (κ3) is 5.14. The molecule has 1 aromatic heterocycles. The van der Waals surface area contributed by atoms with Crippen molar-refractivity contribution in [3.8, 4) is 5.75 Å². The van der Waals surface area contributed by atoms with Gasteiger partial charge < -0.3 is 19.6 Å². The van der Waals surface area contributed by atoms with Crippen LogP contribution in [0.25, 0.3) is 10.9 Å². The molecular weight excluding hydrogens is 242 g/mol. The van der Waals surface area contributed by atoms with Gasteiger partial charge in [-0.2, -0.15) is 0 Å². The third-order valence-corrected chi connectivity index (χ3v) is 2.76. The Morgan fingerprint density at radius 2 is 1.84 bits per heavy atom. The Hall–Kier alpha value is -1.81. The molecular formula is C15H23NO3. The maximum absolute atomic E-state index is 9.34. The van der Waals surface area contributed by atoms with E-state index in [0.717, 1.165) is 19.0 Å². The Kier molecular flexibility index (Phi) is 9.18. The van der Waals surface area contributed by atoms with Gasteiger partial charge in [-0.3, -0.25) is 0 Å². The number of hydrogen-bond donors (Lipinski definition) is 2. The van der Waals surface area contributed by atoms with E-state index in [-0.39, 0.29) is 0 Å². The number of phenols is 1. The molecule has 106 valence electrons. The van der Waals surface area contributed by atoms with E-state index in [4.69, 9.17) is 9.90 Å². The van der Waals surface area contributed by atoms with E-state index in [2.05, 4.69) is 23.8 Å². The van der Waals surface area contributed by atoms with Crippen molar-refractivity contribution in [3.63, 3.8) is 0 Å². The zero-order chi connectivity index (χ0) is 14.7. The summed E-state index contributed by atoms with van der Waals surface area (Å²) in [6.07, 6.45) is 5.85. The number of aliphatic hydroxyl groups excluding tert-OH is 1. The molecule has 2 aromatic rings. The Bertz CT molecular complexity index is 465. The molecule has 0 bridgehead atoms. The second-order valence-electron chi connectivity index (χ2n) is 3.96. The van der Waals surface area contributed by atoms with E-state index in [0.29, 0.717) is 5.75 Å². The number of rotatable bonds is 4. The second kappa shape index (κ2) is 10.1. The van der Waals surface area contributed by atoms with Crippen molar-refractivity contribution in [2.24, 2.45) is 0 Å². The minimum absolute atomic E-state index is 0.341. The average Bonchev–Trinajstić information content (AvgIpc) is 2.86. The highest BCUT2D eigenvalue weighted by atomic mass is 16.3. The Labute approximate surface area is 114 Å². The molecule has 0 radical (unpaired) electrons. The molecule has 0 unspecified atom stereocenters. The smallest absolute Gasteiger partial charge is 0.116 e. The average molecular weight is 265 g/mol. The predicted molar refractivity (Wildman–Crippen MR) is 78.4 cm³/mol. The fourth-order valence-electron chi connectivity index (χ4n) is 1.91. The van der Waals surface area contributed by atoms with Crippen molar-refractivity contribution in [1.82, 2.24) is 4.57 Å². The van der Waals surface area contributed by atoms with Gasteiger partial charge in [-0.15, -0.1) is 0 Å². The van der Waals surface area contributed by atoms with E-state index in [1.54, 1.807) is 6.07 Å². The maximum atomic E-state index is 9.34. The minimum Gasteiger partial charge on any atom is -0.508 e. The largest absolute Gasteiger partial charge is 0.508 e. The summed E-state index contributed by atoms with van der Waals surface area (Å²) in [5.41, 5.74) is 1.21. The lowest BCUT2D eigenvalue weighted by Gasteiger charge is -2.04. The summed E-state index contributed by atoms with van der Waals surface area (Å²) in [4.78, 5) is 8.00. The first-order valence-electron chi connectivity index (χ1n) is 6.32. The quantitative estimate of drug-likeness (QED) is 0.835. The van der Waals surface area contributed by atoms with Crippen LogP contribution in [0.1, 0.15) is 26.2 Å². The van der Waals surface area contributed by atoms with Crippen LogP contribution in [-0.4, -0.2) is 28.7 Å². The lowest BCUT2D eigenvalue weighted by Crippen LogP contribution is -1.95. The molecule has 2 N–H and O–H groups in total. The number of aromatic hydroxyl groups is 1. The number of carbonyl (C=O) groups excluding carboxylic acids is 1. The second-order valence-corrected chi connectivity index (χ2v) is 3.96. The number of aliphatic hydroxyl groups is 1. The summed E-state index contributed by atoms with van der Waals surface area (Å²) in [5, 5.41) is 17.5. The molecule has 0 saturated heterocycles. The van der Waals surface area contributed by atoms with Crippen molar-refractivity contribution in [3.05, 3.63) is 30.5 Å². The van der Waals surface area contributed by atoms with Crippen LogP contribution >= 0.6 is 0 Å². The number of aromatic nitrogens is 1. The molecule has 1 heterocycles. The van der Waals surface area contributed by atoms with Crippen molar-refractivity contribution in [1.29, 1.82) is 0 Å². The molecule has 19 heavy (non-hydrogen) atoms.